The predicted molar refractivity (Wildman–Crippen MR) is 38.4 cm³/mol. The van der Waals surface area contributed by atoms with Crippen LogP contribution in [-0.4, -0.2) is 11.6 Å². The van der Waals surface area contributed by atoms with E-state index in [9.17, 15) is 0 Å². The second kappa shape index (κ2) is 2.87. The molecule has 0 spiro atoms. The Labute approximate surface area is 58.3 Å². The van der Waals surface area contributed by atoms with Crippen LogP contribution >= 0.6 is 0 Å². The van der Waals surface area contributed by atoms with Gasteiger partial charge in [0, 0.05) is 0 Å². The summed E-state index contributed by atoms with van der Waals surface area (Å²) in [6, 6.07) is 8.18. The molecule has 0 amide bonds. The van der Waals surface area contributed by atoms with Crippen LogP contribution in [0.15, 0.2) is 24.3 Å². The van der Waals surface area contributed by atoms with Crippen LogP contribution in [0.4, 0.5) is 11.4 Å². The van der Waals surface area contributed by atoms with E-state index < -0.39 is 0 Å². The third-order valence-corrected chi connectivity index (χ3v) is 1.13. The minimum Gasteiger partial charge on any atom is -0.483 e. The number of benzene rings is 1. The van der Waals surface area contributed by atoms with Crippen LogP contribution in [0.25, 0.3) is 0 Å². The van der Waals surface area contributed by atoms with E-state index in [0.717, 1.165) is 0 Å². The normalized spacial score (nSPS) is 9.60. The van der Waals surface area contributed by atoms with Gasteiger partial charge >= 0.3 is 0 Å². The summed E-state index contributed by atoms with van der Waals surface area (Å²) >= 11 is 0. The highest BCUT2D eigenvalue weighted by Crippen LogP contribution is 2.36. The molecule has 0 atom stereocenters. The summed E-state index contributed by atoms with van der Waals surface area (Å²) < 4.78 is 0. The average Bonchev–Trinajstić information content (AvgIpc) is 2.66. The van der Waals surface area contributed by atoms with Crippen LogP contribution in [0.5, 0.6) is 0 Å². The van der Waals surface area contributed by atoms with Gasteiger partial charge in [0.1, 0.15) is 0 Å². The second-order valence-electron chi connectivity index (χ2n) is 1.78. The first-order valence-electron chi connectivity index (χ1n) is 2.82. The van der Waals surface area contributed by atoms with Crippen molar-refractivity contribution in [2.45, 2.75) is 0 Å². The van der Waals surface area contributed by atoms with Crippen molar-refractivity contribution in [3.8, 4) is 0 Å². The molecule has 2 N–H and O–H groups in total. The number of carboxylic acid groups (broad SMARTS) is 1. The first kappa shape index (κ1) is 6.61. The Bertz CT molecular complexity index is 214. The van der Waals surface area contributed by atoms with Crippen molar-refractivity contribution in [3.05, 3.63) is 24.3 Å². The Morgan fingerprint density at radius 3 is 2.00 bits per heavy atom. The van der Waals surface area contributed by atoms with E-state index in [1.807, 2.05) is 12.1 Å². The molecule has 1 heterocycles. The van der Waals surface area contributed by atoms with E-state index in [1.165, 1.54) is 11.4 Å². The molecule has 0 aromatic heterocycles. The van der Waals surface area contributed by atoms with E-state index in [2.05, 4.69) is 17.4 Å². The van der Waals surface area contributed by atoms with Crippen molar-refractivity contribution in [3.63, 3.8) is 0 Å². The molecule has 0 fully saturated rings. The average molecular weight is 137 g/mol. The van der Waals surface area contributed by atoms with Crippen LogP contribution < -0.4 is 5.32 Å². The van der Waals surface area contributed by atoms with Gasteiger partial charge in [-0.25, -0.2) is 0 Å². The van der Waals surface area contributed by atoms with Crippen molar-refractivity contribution in [1.29, 1.82) is 0 Å². The highest BCUT2D eigenvalue weighted by Gasteiger charge is 2.10. The lowest BCUT2D eigenvalue weighted by molar-refractivity contribution is -0.122. The quantitative estimate of drug-likeness (QED) is 0.426. The van der Waals surface area contributed by atoms with E-state index in [4.69, 9.17) is 9.90 Å². The number of fused-ring (bicyclic) bond motifs is 1. The van der Waals surface area contributed by atoms with Gasteiger partial charge in [-0.05, 0) is 12.1 Å². The SMILES string of the molecule is O=CO.c1ccc2c(c1)N2. The van der Waals surface area contributed by atoms with Gasteiger partial charge < -0.3 is 10.4 Å². The summed E-state index contributed by atoms with van der Waals surface area (Å²) in [6.45, 7) is -0.250. The largest absolute Gasteiger partial charge is 0.483 e. The molecule has 0 saturated carbocycles. The maximum absolute atomic E-state index is 8.36. The van der Waals surface area contributed by atoms with Crippen LogP contribution in [0.3, 0.4) is 0 Å². The third-order valence-electron chi connectivity index (χ3n) is 1.13. The summed E-state index contributed by atoms with van der Waals surface area (Å²) in [5.74, 6) is 0. The fourth-order valence-corrected chi connectivity index (χ4v) is 0.680. The van der Waals surface area contributed by atoms with Crippen LogP contribution in [0.2, 0.25) is 0 Å². The van der Waals surface area contributed by atoms with E-state index in [0.29, 0.717) is 0 Å². The Balaban J connectivity index is 0.000000148. The Hall–Kier alpha value is -1.51. The molecular formula is C7H7NO2. The molecule has 52 valence electrons. The van der Waals surface area contributed by atoms with Gasteiger partial charge in [0.05, 0.1) is 11.4 Å². The van der Waals surface area contributed by atoms with Gasteiger partial charge in [0.25, 0.3) is 6.47 Å². The molecule has 2 rings (SSSR count). The van der Waals surface area contributed by atoms with Gasteiger partial charge in [0.15, 0.2) is 0 Å². The Kier molecular flexibility index (Phi) is 1.89. The maximum Gasteiger partial charge on any atom is 0.290 e. The van der Waals surface area contributed by atoms with Crippen LogP contribution in [-0.2, 0) is 4.79 Å². The number of nitrogens with one attached hydrogen (secondary N) is 1. The third kappa shape index (κ3) is 1.48. The zero-order valence-corrected chi connectivity index (χ0v) is 5.24. The summed E-state index contributed by atoms with van der Waals surface area (Å²) in [7, 11) is 0. The lowest BCUT2D eigenvalue weighted by Gasteiger charge is -1.65. The van der Waals surface area contributed by atoms with E-state index >= 15 is 0 Å². The molecule has 0 saturated heterocycles. The monoisotopic (exact) mass is 137 g/mol. The molecule has 3 heteroatoms. The molecule has 1 aliphatic heterocycles. The van der Waals surface area contributed by atoms with E-state index in [1.54, 1.807) is 0 Å². The van der Waals surface area contributed by atoms with Crippen molar-refractivity contribution < 1.29 is 9.90 Å². The summed E-state index contributed by atoms with van der Waals surface area (Å²) in [5, 5.41) is 9.98. The number of para-hydroxylation sites is 2. The van der Waals surface area contributed by atoms with Gasteiger partial charge in [-0.15, -0.1) is 0 Å². The fraction of sp³-hybridized carbons (Fsp3) is 0. The number of hydrogen-bond acceptors (Lipinski definition) is 2. The minimum atomic E-state index is -0.250. The van der Waals surface area contributed by atoms with Crippen molar-refractivity contribution in [2.24, 2.45) is 0 Å². The summed E-state index contributed by atoms with van der Waals surface area (Å²) in [5.41, 5.74) is 2.56. The molecule has 1 aliphatic rings. The number of carbonyl (C=O) groups is 1. The Morgan fingerprint density at radius 1 is 1.30 bits per heavy atom. The first-order chi connectivity index (χ1) is 4.88. The van der Waals surface area contributed by atoms with Crippen molar-refractivity contribution in [1.82, 2.24) is 0 Å². The van der Waals surface area contributed by atoms with Crippen LogP contribution in [0, 0.1) is 0 Å². The van der Waals surface area contributed by atoms with E-state index in [-0.39, 0.29) is 6.47 Å². The molecular weight excluding hydrogens is 130 g/mol. The predicted octanol–water partition coefficient (Wildman–Crippen LogP) is 1.44. The molecule has 3 nitrogen and oxygen atoms in total. The molecule has 1 aromatic rings. The highest BCUT2D eigenvalue weighted by molar-refractivity contribution is 5.89. The topological polar surface area (TPSA) is 59.2 Å². The number of anilines is 2. The number of rotatable bonds is 0. The molecule has 0 aliphatic carbocycles. The molecule has 0 bridgehead atoms. The standard InChI is InChI=1S/C6H5N.CH2O2/c1-2-4-6-5(3-1)7-6;2-1-3/h1-4,7H;1H,(H,2,3). The van der Waals surface area contributed by atoms with Crippen molar-refractivity contribution in [2.75, 3.05) is 5.32 Å². The van der Waals surface area contributed by atoms with Gasteiger partial charge in [-0.2, -0.15) is 0 Å². The van der Waals surface area contributed by atoms with Gasteiger partial charge in [-0.3, -0.25) is 4.79 Å². The molecule has 10 heavy (non-hydrogen) atoms. The Morgan fingerprint density at radius 2 is 1.70 bits per heavy atom. The highest BCUT2D eigenvalue weighted by atomic mass is 16.3. The number of hydrogen-bond donors (Lipinski definition) is 2. The lowest BCUT2D eigenvalue weighted by Crippen LogP contribution is -1.49. The molecule has 0 unspecified atom stereocenters. The second-order valence-corrected chi connectivity index (χ2v) is 1.78. The van der Waals surface area contributed by atoms with Gasteiger partial charge in [-0.1, -0.05) is 12.1 Å². The maximum atomic E-state index is 8.36. The first-order valence-corrected chi connectivity index (χ1v) is 2.82. The zero-order valence-electron chi connectivity index (χ0n) is 5.24. The lowest BCUT2D eigenvalue weighted by atomic mass is 10.4. The fourth-order valence-electron chi connectivity index (χ4n) is 0.680. The zero-order chi connectivity index (χ0) is 7.40. The summed E-state index contributed by atoms with van der Waals surface area (Å²) in [4.78, 5) is 8.36. The van der Waals surface area contributed by atoms with Crippen LogP contribution in [0.1, 0.15) is 0 Å². The molecule has 0 radical (unpaired) electrons. The molecule has 1 aromatic carbocycles. The van der Waals surface area contributed by atoms with Gasteiger partial charge in [0.2, 0.25) is 0 Å². The minimum absolute atomic E-state index is 0.250. The smallest absolute Gasteiger partial charge is 0.290 e. The summed E-state index contributed by atoms with van der Waals surface area (Å²) in [6.07, 6.45) is 0. The van der Waals surface area contributed by atoms with Crippen molar-refractivity contribution >= 4 is 17.8 Å².